The molecule has 1 rings (SSSR count). The quantitative estimate of drug-likeness (QED) is 0.753. The van der Waals surface area contributed by atoms with E-state index in [4.69, 9.17) is 4.74 Å². The van der Waals surface area contributed by atoms with Gasteiger partial charge in [-0.25, -0.2) is 4.39 Å². The van der Waals surface area contributed by atoms with Crippen molar-refractivity contribution in [2.45, 2.75) is 13.8 Å². The molecule has 98 valence electrons. The van der Waals surface area contributed by atoms with Crippen LogP contribution in [-0.4, -0.2) is 36.8 Å². The zero-order chi connectivity index (χ0) is 13.7. The minimum Gasteiger partial charge on any atom is -0.483 e. The molecule has 0 heterocycles. The van der Waals surface area contributed by atoms with Gasteiger partial charge in [-0.3, -0.25) is 9.59 Å². The Labute approximate surface area is 105 Å². The van der Waals surface area contributed by atoms with E-state index in [9.17, 15) is 14.0 Å². The number of Topliss-reactive ketones (excluding diaryl/α,β-unsaturated/α-hetero) is 1. The first-order chi connectivity index (χ1) is 8.45. The van der Waals surface area contributed by atoms with E-state index in [-0.39, 0.29) is 29.6 Å². The van der Waals surface area contributed by atoms with E-state index < -0.39 is 5.82 Å². The lowest BCUT2D eigenvalue weighted by Gasteiger charge is -2.15. The Balaban J connectivity index is 2.79. The van der Waals surface area contributed by atoms with Crippen LogP contribution in [-0.2, 0) is 4.79 Å². The molecule has 0 aliphatic rings. The summed E-state index contributed by atoms with van der Waals surface area (Å²) in [6.45, 7) is 3.57. The first-order valence-electron chi connectivity index (χ1n) is 5.63. The van der Waals surface area contributed by atoms with Gasteiger partial charge in [0, 0.05) is 13.6 Å². The second-order valence-corrected chi connectivity index (χ2v) is 3.89. The van der Waals surface area contributed by atoms with Gasteiger partial charge >= 0.3 is 0 Å². The fourth-order valence-corrected chi connectivity index (χ4v) is 1.33. The number of halogens is 1. The van der Waals surface area contributed by atoms with E-state index in [0.29, 0.717) is 6.54 Å². The topological polar surface area (TPSA) is 46.6 Å². The van der Waals surface area contributed by atoms with E-state index in [2.05, 4.69) is 0 Å². The third-order valence-electron chi connectivity index (χ3n) is 2.57. The van der Waals surface area contributed by atoms with Crippen LogP contribution in [0.4, 0.5) is 4.39 Å². The Hall–Kier alpha value is -1.91. The smallest absolute Gasteiger partial charge is 0.260 e. The SMILES string of the molecule is CCN(C)C(=O)COc1ccc(F)cc1C(C)=O. The molecule has 0 atom stereocenters. The van der Waals surface area contributed by atoms with Gasteiger partial charge in [0.05, 0.1) is 5.56 Å². The summed E-state index contributed by atoms with van der Waals surface area (Å²) in [5, 5.41) is 0. The highest BCUT2D eigenvalue weighted by Gasteiger charge is 2.13. The number of benzene rings is 1. The van der Waals surface area contributed by atoms with Crippen molar-refractivity contribution in [1.29, 1.82) is 0 Å². The van der Waals surface area contributed by atoms with E-state index in [1.807, 2.05) is 6.92 Å². The predicted molar refractivity (Wildman–Crippen MR) is 65.2 cm³/mol. The van der Waals surface area contributed by atoms with Gasteiger partial charge in [-0.1, -0.05) is 0 Å². The van der Waals surface area contributed by atoms with Crippen LogP contribution in [0.3, 0.4) is 0 Å². The molecule has 1 amide bonds. The molecule has 4 nitrogen and oxygen atoms in total. The Morgan fingerprint density at radius 2 is 2.06 bits per heavy atom. The largest absolute Gasteiger partial charge is 0.483 e. The van der Waals surface area contributed by atoms with Gasteiger partial charge in [-0.05, 0) is 32.0 Å². The van der Waals surface area contributed by atoms with Crippen molar-refractivity contribution in [2.75, 3.05) is 20.2 Å². The van der Waals surface area contributed by atoms with Crippen molar-refractivity contribution in [1.82, 2.24) is 4.90 Å². The standard InChI is InChI=1S/C13H16FNO3/c1-4-15(3)13(17)8-18-12-6-5-10(14)7-11(12)9(2)16/h5-7H,4,8H2,1-3H3. The minimum atomic E-state index is -0.510. The number of likely N-dealkylation sites (N-methyl/N-ethyl adjacent to an activating group) is 1. The number of rotatable bonds is 5. The van der Waals surface area contributed by atoms with Crippen LogP contribution in [0.25, 0.3) is 0 Å². The third kappa shape index (κ3) is 3.55. The van der Waals surface area contributed by atoms with Crippen LogP contribution in [0.5, 0.6) is 5.75 Å². The van der Waals surface area contributed by atoms with Crippen LogP contribution < -0.4 is 4.74 Å². The van der Waals surface area contributed by atoms with Crippen LogP contribution >= 0.6 is 0 Å². The Kier molecular flexibility index (Phi) is 4.83. The molecular weight excluding hydrogens is 237 g/mol. The predicted octanol–water partition coefficient (Wildman–Crippen LogP) is 1.89. The van der Waals surface area contributed by atoms with E-state index in [0.717, 1.165) is 6.07 Å². The number of carbonyl (C=O) groups excluding carboxylic acids is 2. The maximum atomic E-state index is 13.0. The molecule has 18 heavy (non-hydrogen) atoms. The summed E-state index contributed by atoms with van der Waals surface area (Å²) < 4.78 is 18.3. The molecule has 5 heteroatoms. The highest BCUT2D eigenvalue weighted by molar-refractivity contribution is 5.96. The zero-order valence-corrected chi connectivity index (χ0v) is 10.7. The molecule has 0 unspecified atom stereocenters. The number of ketones is 1. The minimum absolute atomic E-state index is 0.141. The van der Waals surface area contributed by atoms with Gasteiger partial charge in [-0.2, -0.15) is 0 Å². The fourth-order valence-electron chi connectivity index (χ4n) is 1.33. The molecule has 0 fully saturated rings. The first-order valence-corrected chi connectivity index (χ1v) is 5.63. The van der Waals surface area contributed by atoms with Gasteiger partial charge in [-0.15, -0.1) is 0 Å². The number of hydrogen-bond donors (Lipinski definition) is 0. The molecule has 0 N–H and O–H groups in total. The van der Waals surface area contributed by atoms with Crippen LogP contribution in [0.1, 0.15) is 24.2 Å². The van der Waals surface area contributed by atoms with Crippen molar-refractivity contribution < 1.29 is 18.7 Å². The second kappa shape index (κ2) is 6.14. The number of nitrogens with zero attached hydrogens (tertiary/aromatic N) is 1. The Morgan fingerprint density at radius 1 is 1.39 bits per heavy atom. The van der Waals surface area contributed by atoms with E-state index in [1.165, 1.54) is 24.0 Å². The lowest BCUT2D eigenvalue weighted by Crippen LogP contribution is -2.31. The average Bonchev–Trinajstić information content (AvgIpc) is 2.35. The second-order valence-electron chi connectivity index (χ2n) is 3.89. The maximum absolute atomic E-state index is 13.0. The summed E-state index contributed by atoms with van der Waals surface area (Å²) >= 11 is 0. The van der Waals surface area contributed by atoms with Crippen molar-refractivity contribution in [3.8, 4) is 5.75 Å². The molecule has 0 aromatic heterocycles. The molecule has 0 saturated heterocycles. The van der Waals surface area contributed by atoms with E-state index in [1.54, 1.807) is 7.05 Å². The van der Waals surface area contributed by atoms with Gasteiger partial charge in [0.2, 0.25) is 0 Å². The van der Waals surface area contributed by atoms with Gasteiger partial charge in [0.1, 0.15) is 11.6 Å². The maximum Gasteiger partial charge on any atom is 0.260 e. The van der Waals surface area contributed by atoms with E-state index >= 15 is 0 Å². The fraction of sp³-hybridized carbons (Fsp3) is 0.385. The highest BCUT2D eigenvalue weighted by Crippen LogP contribution is 2.20. The molecule has 0 spiro atoms. The molecule has 0 aliphatic carbocycles. The summed E-state index contributed by atoms with van der Waals surface area (Å²) in [4.78, 5) is 24.3. The molecule has 0 saturated carbocycles. The van der Waals surface area contributed by atoms with Gasteiger partial charge in [0.25, 0.3) is 5.91 Å². The summed E-state index contributed by atoms with van der Waals surface area (Å²) in [6.07, 6.45) is 0. The normalized spacial score (nSPS) is 10.0. The Morgan fingerprint density at radius 3 is 2.61 bits per heavy atom. The Bertz CT molecular complexity index is 460. The number of carbonyl (C=O) groups is 2. The van der Waals surface area contributed by atoms with Crippen molar-refractivity contribution >= 4 is 11.7 Å². The molecule has 1 aromatic carbocycles. The monoisotopic (exact) mass is 253 g/mol. The number of ether oxygens (including phenoxy) is 1. The van der Waals surface area contributed by atoms with Gasteiger partial charge < -0.3 is 9.64 Å². The first kappa shape index (κ1) is 14.2. The molecule has 0 radical (unpaired) electrons. The van der Waals surface area contributed by atoms with Crippen molar-refractivity contribution in [3.63, 3.8) is 0 Å². The number of amides is 1. The summed E-state index contributed by atoms with van der Waals surface area (Å²) in [7, 11) is 1.65. The molecular formula is C13H16FNO3. The summed E-state index contributed by atoms with van der Waals surface area (Å²) in [5.41, 5.74) is 0.141. The number of hydrogen-bond acceptors (Lipinski definition) is 3. The average molecular weight is 253 g/mol. The molecule has 0 aliphatic heterocycles. The summed E-state index contributed by atoms with van der Waals surface area (Å²) in [5.74, 6) is -0.788. The van der Waals surface area contributed by atoms with Crippen LogP contribution in [0, 0.1) is 5.82 Å². The van der Waals surface area contributed by atoms with Gasteiger partial charge in [0.15, 0.2) is 12.4 Å². The van der Waals surface area contributed by atoms with Crippen molar-refractivity contribution in [2.24, 2.45) is 0 Å². The lowest BCUT2D eigenvalue weighted by atomic mass is 10.1. The van der Waals surface area contributed by atoms with Crippen LogP contribution in [0.2, 0.25) is 0 Å². The zero-order valence-electron chi connectivity index (χ0n) is 10.7. The molecule has 0 bridgehead atoms. The third-order valence-corrected chi connectivity index (χ3v) is 2.57. The van der Waals surface area contributed by atoms with Crippen molar-refractivity contribution in [3.05, 3.63) is 29.6 Å². The molecule has 1 aromatic rings. The van der Waals surface area contributed by atoms with Crippen LogP contribution in [0.15, 0.2) is 18.2 Å². The highest BCUT2D eigenvalue weighted by atomic mass is 19.1. The summed E-state index contributed by atoms with van der Waals surface area (Å²) in [6, 6.07) is 3.65. The lowest BCUT2D eigenvalue weighted by molar-refractivity contribution is -0.131.